The van der Waals surface area contributed by atoms with Crippen molar-refractivity contribution in [1.29, 1.82) is 0 Å². The highest BCUT2D eigenvalue weighted by Gasteiger charge is 2.16. The van der Waals surface area contributed by atoms with Crippen LogP contribution in [0.1, 0.15) is 27.3 Å². The van der Waals surface area contributed by atoms with E-state index in [0.717, 1.165) is 5.56 Å². The molecule has 132 valence electrons. The molecule has 0 saturated carbocycles. The third-order valence-corrected chi connectivity index (χ3v) is 4.10. The largest absolute Gasteiger partial charge is 0.465 e. The molecule has 0 radical (unpaired) electrons. The van der Waals surface area contributed by atoms with Crippen molar-refractivity contribution < 1.29 is 14.5 Å². The maximum Gasteiger partial charge on any atom is 0.338 e. The monoisotopic (exact) mass is 351 g/mol. The second kappa shape index (κ2) is 7.60. The number of ether oxygens (including phenoxy) is 1. The SMILES string of the molecule is COC(=O)c1ccccc1Cn1ccnc1Cc1ccccc1[N+](=O)[O-]. The van der Waals surface area contributed by atoms with E-state index in [0.29, 0.717) is 29.9 Å². The van der Waals surface area contributed by atoms with Crippen LogP contribution in [0.25, 0.3) is 0 Å². The van der Waals surface area contributed by atoms with Crippen LogP contribution in [0.3, 0.4) is 0 Å². The minimum Gasteiger partial charge on any atom is -0.465 e. The number of hydrogen-bond acceptors (Lipinski definition) is 5. The Bertz CT molecular complexity index is 949. The Morgan fingerprint density at radius 2 is 1.85 bits per heavy atom. The molecule has 0 N–H and O–H groups in total. The Kier molecular flexibility index (Phi) is 5.07. The number of para-hydroxylation sites is 1. The third kappa shape index (κ3) is 3.61. The fourth-order valence-corrected chi connectivity index (χ4v) is 2.81. The number of rotatable bonds is 6. The molecule has 0 bridgehead atoms. The molecule has 7 nitrogen and oxygen atoms in total. The predicted molar refractivity (Wildman–Crippen MR) is 95.0 cm³/mol. The number of imidazole rings is 1. The highest BCUT2D eigenvalue weighted by Crippen LogP contribution is 2.21. The van der Waals surface area contributed by atoms with Crippen LogP contribution in [0, 0.1) is 10.1 Å². The second-order valence-electron chi connectivity index (χ2n) is 5.68. The molecule has 2 aromatic carbocycles. The zero-order valence-corrected chi connectivity index (χ0v) is 14.2. The number of nitro groups is 1. The topological polar surface area (TPSA) is 87.3 Å². The summed E-state index contributed by atoms with van der Waals surface area (Å²) in [6, 6.07) is 13.8. The van der Waals surface area contributed by atoms with E-state index in [1.54, 1.807) is 42.7 Å². The lowest BCUT2D eigenvalue weighted by Gasteiger charge is -2.11. The van der Waals surface area contributed by atoms with Crippen LogP contribution in [-0.4, -0.2) is 27.6 Å². The van der Waals surface area contributed by atoms with Crippen molar-refractivity contribution in [2.75, 3.05) is 7.11 Å². The van der Waals surface area contributed by atoms with E-state index in [4.69, 9.17) is 4.74 Å². The van der Waals surface area contributed by atoms with Gasteiger partial charge in [0.1, 0.15) is 5.82 Å². The summed E-state index contributed by atoms with van der Waals surface area (Å²) < 4.78 is 6.70. The standard InChI is InChI=1S/C19H17N3O4/c1-26-19(23)16-8-4-2-7-15(16)13-21-11-10-20-18(21)12-14-6-3-5-9-17(14)22(24)25/h2-11H,12-13H2,1H3. The van der Waals surface area contributed by atoms with E-state index in [9.17, 15) is 14.9 Å². The number of carbonyl (C=O) groups is 1. The predicted octanol–water partition coefficient (Wildman–Crippen LogP) is 3.22. The van der Waals surface area contributed by atoms with E-state index >= 15 is 0 Å². The number of nitrogens with zero attached hydrogens (tertiary/aromatic N) is 3. The molecule has 0 unspecified atom stereocenters. The summed E-state index contributed by atoms with van der Waals surface area (Å²) in [6.45, 7) is 0.418. The third-order valence-electron chi connectivity index (χ3n) is 4.10. The first-order valence-electron chi connectivity index (χ1n) is 7.98. The van der Waals surface area contributed by atoms with Crippen molar-refractivity contribution in [1.82, 2.24) is 9.55 Å². The first-order valence-corrected chi connectivity index (χ1v) is 7.98. The van der Waals surface area contributed by atoms with Gasteiger partial charge in [-0.2, -0.15) is 0 Å². The molecule has 0 aliphatic rings. The Morgan fingerprint density at radius 1 is 1.15 bits per heavy atom. The van der Waals surface area contributed by atoms with Gasteiger partial charge in [-0.1, -0.05) is 36.4 Å². The van der Waals surface area contributed by atoms with Gasteiger partial charge >= 0.3 is 5.97 Å². The number of methoxy groups -OCH3 is 1. The molecule has 0 fully saturated rings. The quantitative estimate of drug-likeness (QED) is 0.386. The molecule has 0 amide bonds. The van der Waals surface area contributed by atoms with Gasteiger partial charge in [-0.05, 0) is 11.6 Å². The first-order chi connectivity index (χ1) is 12.6. The Hall–Kier alpha value is -3.48. The average Bonchev–Trinajstić information content (AvgIpc) is 3.08. The van der Waals surface area contributed by atoms with E-state index in [-0.39, 0.29) is 5.69 Å². The number of hydrogen-bond donors (Lipinski definition) is 0. The zero-order valence-electron chi connectivity index (χ0n) is 14.2. The number of carbonyl (C=O) groups excluding carboxylic acids is 1. The fraction of sp³-hybridized carbons (Fsp3) is 0.158. The molecule has 1 heterocycles. The van der Waals surface area contributed by atoms with Gasteiger partial charge in [0, 0.05) is 37.0 Å². The van der Waals surface area contributed by atoms with E-state index in [1.165, 1.54) is 13.2 Å². The van der Waals surface area contributed by atoms with Gasteiger partial charge in [-0.15, -0.1) is 0 Å². The van der Waals surface area contributed by atoms with Crippen molar-refractivity contribution in [2.45, 2.75) is 13.0 Å². The summed E-state index contributed by atoms with van der Waals surface area (Å²) in [5.74, 6) is 0.278. The van der Waals surface area contributed by atoms with Gasteiger partial charge in [0.05, 0.1) is 17.6 Å². The van der Waals surface area contributed by atoms with Crippen LogP contribution in [0.5, 0.6) is 0 Å². The van der Waals surface area contributed by atoms with E-state index in [2.05, 4.69) is 4.98 Å². The highest BCUT2D eigenvalue weighted by molar-refractivity contribution is 5.90. The minimum atomic E-state index is -0.402. The molecule has 0 aliphatic heterocycles. The molecule has 26 heavy (non-hydrogen) atoms. The summed E-state index contributed by atoms with van der Waals surface area (Å²) in [6.07, 6.45) is 3.76. The van der Waals surface area contributed by atoms with E-state index in [1.807, 2.05) is 16.7 Å². The van der Waals surface area contributed by atoms with Gasteiger partial charge in [-0.3, -0.25) is 10.1 Å². The Balaban J connectivity index is 1.89. The van der Waals surface area contributed by atoms with Crippen LogP contribution < -0.4 is 0 Å². The van der Waals surface area contributed by atoms with Crippen molar-refractivity contribution in [3.05, 3.63) is 93.6 Å². The Morgan fingerprint density at radius 3 is 2.58 bits per heavy atom. The molecule has 7 heteroatoms. The molecule has 3 aromatic rings. The molecular weight excluding hydrogens is 334 g/mol. The van der Waals surface area contributed by atoms with Crippen LogP contribution in [0.15, 0.2) is 60.9 Å². The van der Waals surface area contributed by atoms with Crippen LogP contribution in [0.2, 0.25) is 0 Å². The highest BCUT2D eigenvalue weighted by atomic mass is 16.6. The zero-order chi connectivity index (χ0) is 18.5. The van der Waals surface area contributed by atoms with Gasteiger partial charge < -0.3 is 9.30 Å². The fourth-order valence-electron chi connectivity index (χ4n) is 2.81. The molecule has 0 saturated heterocycles. The van der Waals surface area contributed by atoms with Crippen molar-refractivity contribution in [2.24, 2.45) is 0 Å². The van der Waals surface area contributed by atoms with Gasteiger partial charge in [-0.25, -0.2) is 9.78 Å². The second-order valence-corrected chi connectivity index (χ2v) is 5.68. The normalized spacial score (nSPS) is 10.5. The molecule has 1 aromatic heterocycles. The Labute approximate surface area is 150 Å². The number of nitro benzene ring substituents is 1. The van der Waals surface area contributed by atoms with Crippen molar-refractivity contribution >= 4 is 11.7 Å². The molecule has 0 spiro atoms. The van der Waals surface area contributed by atoms with E-state index < -0.39 is 10.9 Å². The lowest BCUT2D eigenvalue weighted by atomic mass is 10.1. The summed E-state index contributed by atoms with van der Waals surface area (Å²) in [7, 11) is 1.34. The first kappa shape index (κ1) is 17.3. The van der Waals surface area contributed by atoms with Crippen LogP contribution >= 0.6 is 0 Å². The lowest BCUT2D eigenvalue weighted by Crippen LogP contribution is -2.11. The summed E-state index contributed by atoms with van der Waals surface area (Å²) in [5.41, 5.74) is 1.93. The summed E-state index contributed by atoms with van der Waals surface area (Å²) in [4.78, 5) is 27.1. The van der Waals surface area contributed by atoms with Gasteiger partial charge in [0.15, 0.2) is 0 Å². The van der Waals surface area contributed by atoms with Gasteiger partial charge in [0.2, 0.25) is 0 Å². The number of esters is 1. The summed E-state index contributed by atoms with van der Waals surface area (Å²) in [5, 5.41) is 11.2. The average molecular weight is 351 g/mol. The lowest BCUT2D eigenvalue weighted by molar-refractivity contribution is -0.385. The van der Waals surface area contributed by atoms with Crippen molar-refractivity contribution in [3.63, 3.8) is 0 Å². The molecule has 0 aliphatic carbocycles. The molecule has 3 rings (SSSR count). The molecule has 0 atom stereocenters. The van der Waals surface area contributed by atoms with Crippen LogP contribution in [-0.2, 0) is 17.7 Å². The van der Waals surface area contributed by atoms with Crippen LogP contribution in [0.4, 0.5) is 5.69 Å². The smallest absolute Gasteiger partial charge is 0.338 e. The maximum absolute atomic E-state index is 11.9. The minimum absolute atomic E-state index is 0.0667. The number of aromatic nitrogens is 2. The van der Waals surface area contributed by atoms with Crippen molar-refractivity contribution in [3.8, 4) is 0 Å². The van der Waals surface area contributed by atoms with Gasteiger partial charge in [0.25, 0.3) is 5.69 Å². The summed E-state index contributed by atoms with van der Waals surface area (Å²) >= 11 is 0. The number of benzene rings is 2. The maximum atomic E-state index is 11.9. The molecular formula is C19H17N3O4.